The van der Waals surface area contributed by atoms with Crippen molar-refractivity contribution in [3.8, 4) is 22.7 Å². The van der Waals surface area contributed by atoms with Crippen LogP contribution >= 0.6 is 0 Å². The van der Waals surface area contributed by atoms with Crippen molar-refractivity contribution >= 4 is 12.1 Å². The molecule has 1 amide bonds. The number of hydrogen-bond donors (Lipinski definition) is 2. The molecule has 0 spiro atoms. The maximum absolute atomic E-state index is 12.4. The normalized spacial score (nSPS) is 11.1. The summed E-state index contributed by atoms with van der Waals surface area (Å²) >= 11 is 0. The van der Waals surface area contributed by atoms with Crippen LogP contribution in [0.5, 0.6) is 5.75 Å². The summed E-state index contributed by atoms with van der Waals surface area (Å²) in [6, 6.07) is 19.0. The zero-order chi connectivity index (χ0) is 21.8. The van der Waals surface area contributed by atoms with E-state index in [1.165, 1.54) is 0 Å². The number of hydrazone groups is 1. The first-order valence-electron chi connectivity index (χ1n) is 9.71. The van der Waals surface area contributed by atoms with Gasteiger partial charge in [-0.3, -0.25) is 9.89 Å². The standard InChI is InChI=1S/C23H22N6O2/c1-15-20(16(2)29(28-15)18-7-5-4-6-8-18)14-24-27-23(30)22-13-21(25-26-22)17-9-11-19(31-3)12-10-17/h4-14H,1-3H3,(H,25,26)(H,27,30). The highest BCUT2D eigenvalue weighted by molar-refractivity contribution is 5.94. The fourth-order valence-electron chi connectivity index (χ4n) is 3.23. The predicted molar refractivity (Wildman–Crippen MR) is 119 cm³/mol. The van der Waals surface area contributed by atoms with Crippen molar-refractivity contribution in [2.24, 2.45) is 5.10 Å². The number of benzene rings is 2. The van der Waals surface area contributed by atoms with Gasteiger partial charge in [0.25, 0.3) is 5.91 Å². The third-order valence-electron chi connectivity index (χ3n) is 4.92. The van der Waals surface area contributed by atoms with Crippen LogP contribution in [0.25, 0.3) is 16.9 Å². The molecule has 0 aliphatic rings. The number of carbonyl (C=O) groups is 1. The van der Waals surface area contributed by atoms with Gasteiger partial charge in [-0.15, -0.1) is 0 Å². The number of methoxy groups -OCH3 is 1. The molecule has 0 radical (unpaired) electrons. The van der Waals surface area contributed by atoms with Gasteiger partial charge >= 0.3 is 0 Å². The van der Waals surface area contributed by atoms with Crippen molar-refractivity contribution in [1.29, 1.82) is 0 Å². The molecular weight excluding hydrogens is 392 g/mol. The third-order valence-corrected chi connectivity index (χ3v) is 4.92. The zero-order valence-corrected chi connectivity index (χ0v) is 17.5. The van der Waals surface area contributed by atoms with Gasteiger partial charge in [-0.05, 0) is 56.3 Å². The number of hydrogen-bond acceptors (Lipinski definition) is 5. The van der Waals surface area contributed by atoms with Gasteiger partial charge in [-0.2, -0.15) is 15.3 Å². The van der Waals surface area contributed by atoms with Crippen molar-refractivity contribution in [3.63, 3.8) is 0 Å². The number of nitrogens with zero attached hydrogens (tertiary/aromatic N) is 4. The van der Waals surface area contributed by atoms with E-state index >= 15 is 0 Å². The van der Waals surface area contributed by atoms with Gasteiger partial charge in [0, 0.05) is 11.1 Å². The molecule has 0 aliphatic carbocycles. The lowest BCUT2D eigenvalue weighted by molar-refractivity contribution is 0.0950. The second kappa shape index (κ2) is 8.66. The van der Waals surface area contributed by atoms with Crippen LogP contribution in [0.15, 0.2) is 65.8 Å². The highest BCUT2D eigenvalue weighted by Gasteiger charge is 2.13. The van der Waals surface area contributed by atoms with Gasteiger partial charge in [-0.1, -0.05) is 18.2 Å². The van der Waals surface area contributed by atoms with Crippen molar-refractivity contribution < 1.29 is 9.53 Å². The molecule has 31 heavy (non-hydrogen) atoms. The zero-order valence-electron chi connectivity index (χ0n) is 17.5. The van der Waals surface area contributed by atoms with E-state index in [0.29, 0.717) is 11.4 Å². The molecule has 2 heterocycles. The SMILES string of the molecule is COc1ccc(-c2cc(C(=O)NN=Cc3c(C)nn(-c4ccccc4)c3C)[nH]n2)cc1. The maximum Gasteiger partial charge on any atom is 0.289 e. The van der Waals surface area contributed by atoms with E-state index in [9.17, 15) is 4.79 Å². The number of para-hydroxylation sites is 1. The minimum atomic E-state index is -0.380. The van der Waals surface area contributed by atoms with Gasteiger partial charge < -0.3 is 4.74 Å². The van der Waals surface area contributed by atoms with E-state index < -0.39 is 0 Å². The molecule has 8 nitrogen and oxygen atoms in total. The lowest BCUT2D eigenvalue weighted by Crippen LogP contribution is -2.18. The highest BCUT2D eigenvalue weighted by Crippen LogP contribution is 2.21. The lowest BCUT2D eigenvalue weighted by atomic mass is 10.1. The molecule has 0 bridgehead atoms. The molecule has 4 aromatic rings. The van der Waals surface area contributed by atoms with Crippen LogP contribution in [0.1, 0.15) is 27.4 Å². The molecule has 156 valence electrons. The van der Waals surface area contributed by atoms with Gasteiger partial charge in [0.2, 0.25) is 0 Å². The number of aromatic amines is 1. The Labute approximate surface area is 179 Å². The Morgan fingerprint density at radius 1 is 1.13 bits per heavy atom. The van der Waals surface area contributed by atoms with Crippen molar-refractivity contribution in [2.45, 2.75) is 13.8 Å². The number of aromatic nitrogens is 4. The molecule has 2 aromatic heterocycles. The fraction of sp³-hybridized carbons (Fsp3) is 0.130. The van der Waals surface area contributed by atoms with Crippen molar-refractivity contribution in [2.75, 3.05) is 7.11 Å². The molecule has 0 saturated carbocycles. The van der Waals surface area contributed by atoms with Gasteiger partial charge in [0.1, 0.15) is 11.4 Å². The third kappa shape index (κ3) is 4.23. The molecular formula is C23H22N6O2. The number of carbonyl (C=O) groups excluding carboxylic acids is 1. The predicted octanol–water partition coefficient (Wildman–Crippen LogP) is 3.65. The van der Waals surface area contributed by atoms with Crippen molar-refractivity contribution in [3.05, 3.63) is 83.3 Å². The monoisotopic (exact) mass is 414 g/mol. The molecule has 0 atom stereocenters. The van der Waals surface area contributed by atoms with Crippen LogP contribution in [0.2, 0.25) is 0 Å². The summed E-state index contributed by atoms with van der Waals surface area (Å²) in [6.07, 6.45) is 1.61. The first-order valence-corrected chi connectivity index (χ1v) is 9.71. The van der Waals surface area contributed by atoms with Crippen LogP contribution in [0.4, 0.5) is 0 Å². The van der Waals surface area contributed by atoms with E-state index in [4.69, 9.17) is 4.74 Å². The average molecular weight is 414 g/mol. The van der Waals surface area contributed by atoms with E-state index in [-0.39, 0.29) is 5.91 Å². The van der Waals surface area contributed by atoms with Gasteiger partial charge in [0.15, 0.2) is 0 Å². The fourth-order valence-corrected chi connectivity index (χ4v) is 3.23. The number of amides is 1. The Balaban J connectivity index is 1.46. The smallest absolute Gasteiger partial charge is 0.289 e. The van der Waals surface area contributed by atoms with E-state index in [2.05, 4.69) is 25.8 Å². The number of nitrogens with one attached hydrogen (secondary N) is 2. The van der Waals surface area contributed by atoms with Crippen LogP contribution < -0.4 is 10.2 Å². The topological polar surface area (TPSA) is 97.2 Å². The summed E-state index contributed by atoms with van der Waals surface area (Å²) in [5.41, 5.74) is 7.97. The Hall–Kier alpha value is -4.20. The molecule has 0 aliphatic heterocycles. The number of rotatable bonds is 6. The Morgan fingerprint density at radius 2 is 1.87 bits per heavy atom. The summed E-state index contributed by atoms with van der Waals surface area (Å²) in [7, 11) is 1.61. The van der Waals surface area contributed by atoms with Gasteiger partial charge in [-0.25, -0.2) is 10.1 Å². The second-order valence-electron chi connectivity index (χ2n) is 6.93. The second-order valence-corrected chi connectivity index (χ2v) is 6.93. The largest absolute Gasteiger partial charge is 0.497 e. The number of ether oxygens (including phenoxy) is 1. The minimum Gasteiger partial charge on any atom is -0.497 e. The quantitative estimate of drug-likeness (QED) is 0.372. The van der Waals surface area contributed by atoms with Gasteiger partial charge in [0.05, 0.1) is 36.1 Å². The number of H-pyrrole nitrogens is 1. The first-order chi connectivity index (χ1) is 15.1. The van der Waals surface area contributed by atoms with Crippen LogP contribution in [-0.4, -0.2) is 39.2 Å². The summed E-state index contributed by atoms with van der Waals surface area (Å²) < 4.78 is 7.01. The van der Waals surface area contributed by atoms with E-state index in [1.54, 1.807) is 19.4 Å². The van der Waals surface area contributed by atoms with Crippen LogP contribution in [0.3, 0.4) is 0 Å². The molecule has 0 fully saturated rings. The molecule has 0 unspecified atom stereocenters. The summed E-state index contributed by atoms with van der Waals surface area (Å²) in [4.78, 5) is 12.4. The van der Waals surface area contributed by atoms with E-state index in [1.807, 2.05) is 73.1 Å². The molecule has 2 aromatic carbocycles. The molecule has 2 N–H and O–H groups in total. The molecule has 8 heteroatoms. The Kier molecular flexibility index (Phi) is 5.61. The van der Waals surface area contributed by atoms with E-state index in [0.717, 1.165) is 34.0 Å². The maximum atomic E-state index is 12.4. The molecule has 4 rings (SSSR count). The van der Waals surface area contributed by atoms with Crippen LogP contribution in [-0.2, 0) is 0 Å². The average Bonchev–Trinajstić information content (AvgIpc) is 3.40. The highest BCUT2D eigenvalue weighted by atomic mass is 16.5. The Morgan fingerprint density at radius 3 is 2.58 bits per heavy atom. The number of aryl methyl sites for hydroxylation is 1. The minimum absolute atomic E-state index is 0.316. The first kappa shape index (κ1) is 20.1. The molecule has 0 saturated heterocycles. The summed E-state index contributed by atoms with van der Waals surface area (Å²) in [5.74, 6) is 0.377. The summed E-state index contributed by atoms with van der Waals surface area (Å²) in [6.45, 7) is 3.87. The van der Waals surface area contributed by atoms with Crippen molar-refractivity contribution in [1.82, 2.24) is 25.4 Å². The summed E-state index contributed by atoms with van der Waals surface area (Å²) in [5, 5.41) is 15.6. The lowest BCUT2D eigenvalue weighted by Gasteiger charge is -2.03. The Bertz CT molecular complexity index is 1220. The van der Waals surface area contributed by atoms with Crippen LogP contribution in [0, 0.1) is 13.8 Å².